The van der Waals surface area contributed by atoms with E-state index >= 15 is 0 Å². The molecule has 0 atom stereocenters. The molecule has 0 aliphatic carbocycles. The van der Waals surface area contributed by atoms with Gasteiger partial charge in [-0.3, -0.25) is 4.79 Å². The lowest BCUT2D eigenvalue weighted by Gasteiger charge is -2.18. The summed E-state index contributed by atoms with van der Waals surface area (Å²) >= 11 is 3.88. The van der Waals surface area contributed by atoms with Crippen LogP contribution in [0.4, 0.5) is 0 Å². The molecule has 0 aliphatic heterocycles. The van der Waals surface area contributed by atoms with Crippen molar-refractivity contribution < 1.29 is 54.3 Å². The highest BCUT2D eigenvalue weighted by Gasteiger charge is 2.40. The molecule has 1 rings (SSSR count). The lowest BCUT2D eigenvalue weighted by atomic mass is 9.85. The summed E-state index contributed by atoms with van der Waals surface area (Å²) in [4.78, 5) is 70.2. The molecule has 0 radical (unpaired) electrons. The molecule has 13 heteroatoms. The van der Waals surface area contributed by atoms with Crippen LogP contribution >= 0.6 is 12.6 Å². The Hall–Kier alpha value is -3.61. The average Bonchev–Trinajstić information content (AvgIpc) is 2.58. The molecule has 1 amide bonds. The van der Waals surface area contributed by atoms with Crippen molar-refractivity contribution in [3.8, 4) is 0 Å². The van der Waals surface area contributed by atoms with E-state index in [0.29, 0.717) is 0 Å². The van der Waals surface area contributed by atoms with Gasteiger partial charge in [0.2, 0.25) is 0 Å². The third-order valence-electron chi connectivity index (χ3n) is 3.42. The molecule has 6 N–H and O–H groups in total. The van der Waals surface area contributed by atoms with Crippen molar-refractivity contribution in [3.05, 3.63) is 33.4 Å². The first kappa shape index (κ1) is 22.4. The number of hydrogen-bond acceptors (Lipinski definition) is 7. The van der Waals surface area contributed by atoms with Crippen LogP contribution in [0.2, 0.25) is 0 Å². The number of carboxylic acid groups (broad SMARTS) is 5. The van der Waals surface area contributed by atoms with Crippen LogP contribution in [0.25, 0.3) is 0 Å². The Morgan fingerprint density at radius 3 is 1.14 bits per heavy atom. The fourth-order valence-corrected chi connectivity index (χ4v) is 2.57. The van der Waals surface area contributed by atoms with Crippen LogP contribution in [0.1, 0.15) is 68.6 Å². The van der Waals surface area contributed by atoms with E-state index < -0.39 is 69.1 Å². The predicted octanol–water partition coefficient (Wildman–Crippen LogP) is 0.227. The Balaban J connectivity index is 4.22. The minimum atomic E-state index is -2.19. The lowest BCUT2D eigenvalue weighted by molar-refractivity contribution is 0.0606. The van der Waals surface area contributed by atoms with Gasteiger partial charge in [0.05, 0.1) is 33.4 Å². The standard InChI is InChI=1S/C15H13NO11S/c17-10(16-2-1-3-28)4-5(11(18)19)7(13(22)23)9(15(26)27)8(14(24)25)6(4)12(20)21/h28H,1-3H2,(H,16,17)(H,18,19)(H,20,21)(H,22,23)(H,24,25)(H,26,27). The smallest absolute Gasteiger partial charge is 0.337 e. The van der Waals surface area contributed by atoms with Crippen LogP contribution in [-0.2, 0) is 0 Å². The van der Waals surface area contributed by atoms with E-state index in [0.717, 1.165) is 0 Å². The Kier molecular flexibility index (Phi) is 7.09. The quantitative estimate of drug-likeness (QED) is 0.214. The van der Waals surface area contributed by atoms with Gasteiger partial charge >= 0.3 is 29.8 Å². The molecular formula is C15H13NO11S. The third kappa shape index (κ3) is 4.20. The molecular weight excluding hydrogens is 402 g/mol. The van der Waals surface area contributed by atoms with Crippen molar-refractivity contribution in [1.82, 2.24) is 5.32 Å². The van der Waals surface area contributed by atoms with Crippen LogP contribution in [0.15, 0.2) is 0 Å². The summed E-state index contributed by atoms with van der Waals surface area (Å²) in [5.74, 6) is -11.9. The van der Waals surface area contributed by atoms with Crippen molar-refractivity contribution in [2.75, 3.05) is 12.3 Å². The number of carboxylic acids is 5. The monoisotopic (exact) mass is 415 g/mol. The first-order valence-electron chi connectivity index (χ1n) is 7.26. The van der Waals surface area contributed by atoms with Crippen molar-refractivity contribution in [1.29, 1.82) is 0 Å². The first-order chi connectivity index (χ1) is 13.0. The highest BCUT2D eigenvalue weighted by molar-refractivity contribution is 7.80. The van der Waals surface area contributed by atoms with Crippen molar-refractivity contribution in [2.45, 2.75) is 6.42 Å². The SMILES string of the molecule is O=C(O)c1c(C(=O)O)c(C(=O)O)c(C(=O)NCCCS)c(C(=O)O)c1C(=O)O. The van der Waals surface area contributed by atoms with E-state index in [-0.39, 0.29) is 18.7 Å². The lowest BCUT2D eigenvalue weighted by Crippen LogP contribution is -2.33. The zero-order valence-corrected chi connectivity index (χ0v) is 14.6. The average molecular weight is 415 g/mol. The summed E-state index contributed by atoms with van der Waals surface area (Å²) in [5.41, 5.74) is -8.80. The maximum absolute atomic E-state index is 12.4. The Morgan fingerprint density at radius 1 is 0.607 bits per heavy atom. The zero-order valence-electron chi connectivity index (χ0n) is 13.8. The number of hydrogen-bond donors (Lipinski definition) is 7. The maximum atomic E-state index is 12.4. The number of thiol groups is 1. The molecule has 28 heavy (non-hydrogen) atoms. The number of aromatic carboxylic acids is 5. The van der Waals surface area contributed by atoms with E-state index in [4.69, 9.17) is 0 Å². The molecule has 0 saturated carbocycles. The van der Waals surface area contributed by atoms with E-state index in [2.05, 4.69) is 17.9 Å². The van der Waals surface area contributed by atoms with Gasteiger partial charge in [0.15, 0.2) is 0 Å². The van der Waals surface area contributed by atoms with E-state index in [9.17, 15) is 54.3 Å². The normalized spacial score (nSPS) is 10.2. The number of carbonyl (C=O) groups is 6. The number of benzene rings is 1. The minimum Gasteiger partial charge on any atom is -0.478 e. The topological polar surface area (TPSA) is 216 Å². The molecule has 1 aromatic rings. The van der Waals surface area contributed by atoms with Crippen LogP contribution in [-0.4, -0.2) is 73.6 Å². The molecule has 0 spiro atoms. The highest BCUT2D eigenvalue weighted by atomic mass is 32.1. The van der Waals surface area contributed by atoms with Gasteiger partial charge in [-0.25, -0.2) is 24.0 Å². The zero-order chi connectivity index (χ0) is 21.8. The second-order valence-corrected chi connectivity index (χ2v) is 5.56. The molecule has 150 valence electrons. The van der Waals surface area contributed by atoms with Gasteiger partial charge in [-0.15, -0.1) is 0 Å². The second-order valence-electron chi connectivity index (χ2n) is 5.11. The molecule has 0 aliphatic rings. The van der Waals surface area contributed by atoms with Crippen molar-refractivity contribution in [2.24, 2.45) is 0 Å². The Morgan fingerprint density at radius 2 is 0.893 bits per heavy atom. The molecule has 12 nitrogen and oxygen atoms in total. The van der Waals surface area contributed by atoms with E-state index in [1.165, 1.54) is 0 Å². The summed E-state index contributed by atoms with van der Waals surface area (Å²) in [6.45, 7) is -0.119. The van der Waals surface area contributed by atoms with E-state index in [1.54, 1.807) is 0 Å². The number of nitrogens with one attached hydrogen (secondary N) is 1. The van der Waals surface area contributed by atoms with Crippen molar-refractivity contribution >= 4 is 48.4 Å². The largest absolute Gasteiger partial charge is 0.478 e. The summed E-state index contributed by atoms with van der Waals surface area (Å²) in [7, 11) is 0. The Labute approximate surface area is 160 Å². The number of amides is 1. The minimum absolute atomic E-state index is 0.119. The van der Waals surface area contributed by atoms with Crippen molar-refractivity contribution in [3.63, 3.8) is 0 Å². The summed E-state index contributed by atoms with van der Waals surface area (Å²) < 4.78 is 0. The summed E-state index contributed by atoms with van der Waals surface area (Å²) in [6.07, 6.45) is 0.268. The molecule has 0 aromatic heterocycles. The van der Waals surface area contributed by atoms with Gasteiger partial charge in [-0.05, 0) is 12.2 Å². The molecule has 0 heterocycles. The summed E-state index contributed by atoms with van der Waals surface area (Å²) in [6, 6.07) is 0. The van der Waals surface area contributed by atoms with Gasteiger partial charge in [-0.2, -0.15) is 12.6 Å². The molecule has 0 unspecified atom stereocenters. The predicted molar refractivity (Wildman–Crippen MR) is 92.0 cm³/mol. The summed E-state index contributed by atoms with van der Waals surface area (Å²) in [5, 5.41) is 48.7. The number of rotatable bonds is 9. The molecule has 0 saturated heterocycles. The fourth-order valence-electron chi connectivity index (χ4n) is 2.42. The van der Waals surface area contributed by atoms with E-state index in [1.807, 2.05) is 0 Å². The maximum Gasteiger partial charge on any atom is 0.337 e. The van der Waals surface area contributed by atoms with Crippen LogP contribution in [0.5, 0.6) is 0 Å². The number of carbonyl (C=O) groups excluding carboxylic acids is 1. The Bertz CT molecular complexity index is 853. The van der Waals surface area contributed by atoms with Gasteiger partial charge in [0.1, 0.15) is 0 Å². The van der Waals surface area contributed by atoms with Gasteiger partial charge in [0, 0.05) is 6.54 Å². The van der Waals surface area contributed by atoms with Gasteiger partial charge in [0.25, 0.3) is 5.91 Å². The van der Waals surface area contributed by atoms with Crippen LogP contribution in [0, 0.1) is 0 Å². The van der Waals surface area contributed by atoms with Crippen LogP contribution in [0.3, 0.4) is 0 Å². The molecule has 0 fully saturated rings. The third-order valence-corrected chi connectivity index (χ3v) is 3.73. The molecule has 1 aromatic carbocycles. The van der Waals surface area contributed by atoms with Gasteiger partial charge < -0.3 is 30.8 Å². The first-order valence-corrected chi connectivity index (χ1v) is 7.90. The van der Waals surface area contributed by atoms with Gasteiger partial charge in [-0.1, -0.05) is 0 Å². The molecule has 0 bridgehead atoms. The highest BCUT2D eigenvalue weighted by Crippen LogP contribution is 2.30. The second kappa shape index (κ2) is 8.85. The fraction of sp³-hybridized carbons (Fsp3) is 0.200. The van der Waals surface area contributed by atoms with Crippen LogP contribution < -0.4 is 5.32 Å².